The summed E-state index contributed by atoms with van der Waals surface area (Å²) in [5.74, 6) is 0.909. The molecule has 2 rings (SSSR count). The van der Waals surface area contributed by atoms with Gasteiger partial charge in [0, 0.05) is 30.7 Å². The molecule has 0 atom stereocenters. The monoisotopic (exact) mass is 242 g/mol. The van der Waals surface area contributed by atoms with E-state index >= 15 is 0 Å². The van der Waals surface area contributed by atoms with Crippen LogP contribution in [0.25, 0.3) is 0 Å². The zero-order chi connectivity index (χ0) is 12.6. The Morgan fingerprint density at radius 1 is 1.17 bits per heavy atom. The summed E-state index contributed by atoms with van der Waals surface area (Å²) in [6.45, 7) is 3.59. The SMILES string of the molecule is CCOc1cccc(NCCc2ccncc2)c1. The Balaban J connectivity index is 1.84. The van der Waals surface area contributed by atoms with E-state index in [9.17, 15) is 0 Å². The number of nitrogens with zero attached hydrogens (tertiary/aromatic N) is 1. The van der Waals surface area contributed by atoms with Gasteiger partial charge in [-0.3, -0.25) is 4.98 Å². The largest absolute Gasteiger partial charge is 0.494 e. The third kappa shape index (κ3) is 3.77. The fourth-order valence-corrected chi connectivity index (χ4v) is 1.76. The highest BCUT2D eigenvalue weighted by Gasteiger charge is 1.96. The van der Waals surface area contributed by atoms with Gasteiger partial charge >= 0.3 is 0 Å². The number of anilines is 1. The smallest absolute Gasteiger partial charge is 0.121 e. The van der Waals surface area contributed by atoms with Crippen molar-refractivity contribution < 1.29 is 4.74 Å². The Morgan fingerprint density at radius 3 is 2.78 bits per heavy atom. The van der Waals surface area contributed by atoms with E-state index in [1.165, 1.54) is 5.56 Å². The normalized spacial score (nSPS) is 10.1. The van der Waals surface area contributed by atoms with Crippen molar-refractivity contribution in [2.75, 3.05) is 18.5 Å². The summed E-state index contributed by atoms with van der Waals surface area (Å²) in [4.78, 5) is 4.01. The quantitative estimate of drug-likeness (QED) is 0.845. The van der Waals surface area contributed by atoms with Gasteiger partial charge in [-0.15, -0.1) is 0 Å². The second-order valence-corrected chi connectivity index (χ2v) is 3.99. The average molecular weight is 242 g/mol. The molecule has 1 aromatic carbocycles. The number of hydrogen-bond acceptors (Lipinski definition) is 3. The highest BCUT2D eigenvalue weighted by atomic mass is 16.5. The first-order chi connectivity index (χ1) is 8.88. The number of benzene rings is 1. The van der Waals surface area contributed by atoms with Crippen LogP contribution in [0.2, 0.25) is 0 Å². The molecule has 1 heterocycles. The summed E-state index contributed by atoms with van der Waals surface area (Å²) < 4.78 is 5.46. The molecule has 0 amide bonds. The second kappa shape index (κ2) is 6.64. The van der Waals surface area contributed by atoms with Gasteiger partial charge in [-0.25, -0.2) is 0 Å². The summed E-state index contributed by atoms with van der Waals surface area (Å²) in [6, 6.07) is 12.1. The fraction of sp³-hybridized carbons (Fsp3) is 0.267. The maximum absolute atomic E-state index is 5.46. The predicted molar refractivity (Wildman–Crippen MR) is 74.0 cm³/mol. The Bertz CT molecular complexity index is 471. The lowest BCUT2D eigenvalue weighted by Crippen LogP contribution is -2.05. The lowest BCUT2D eigenvalue weighted by atomic mass is 10.2. The van der Waals surface area contributed by atoms with Crippen molar-refractivity contribution >= 4 is 5.69 Å². The number of rotatable bonds is 6. The van der Waals surface area contributed by atoms with E-state index in [0.717, 1.165) is 24.4 Å². The van der Waals surface area contributed by atoms with Crippen molar-refractivity contribution in [1.29, 1.82) is 0 Å². The summed E-state index contributed by atoms with van der Waals surface area (Å²) in [5, 5.41) is 3.39. The van der Waals surface area contributed by atoms with Crippen LogP contribution in [0, 0.1) is 0 Å². The maximum atomic E-state index is 5.46. The van der Waals surface area contributed by atoms with E-state index in [2.05, 4.69) is 16.4 Å². The average Bonchev–Trinajstić information content (AvgIpc) is 2.41. The van der Waals surface area contributed by atoms with E-state index in [-0.39, 0.29) is 0 Å². The third-order valence-corrected chi connectivity index (χ3v) is 2.64. The van der Waals surface area contributed by atoms with Gasteiger partial charge < -0.3 is 10.1 Å². The molecule has 0 unspecified atom stereocenters. The molecular weight excluding hydrogens is 224 g/mol. The number of aromatic nitrogens is 1. The molecule has 0 saturated carbocycles. The summed E-state index contributed by atoms with van der Waals surface area (Å²) in [7, 11) is 0. The van der Waals surface area contributed by atoms with Gasteiger partial charge in [-0.2, -0.15) is 0 Å². The molecule has 1 N–H and O–H groups in total. The van der Waals surface area contributed by atoms with Crippen LogP contribution in [-0.4, -0.2) is 18.1 Å². The molecule has 0 spiro atoms. The Morgan fingerprint density at radius 2 is 2.00 bits per heavy atom. The number of nitrogens with one attached hydrogen (secondary N) is 1. The van der Waals surface area contributed by atoms with E-state index in [4.69, 9.17) is 4.74 Å². The minimum Gasteiger partial charge on any atom is -0.494 e. The predicted octanol–water partition coefficient (Wildman–Crippen LogP) is 3.13. The summed E-state index contributed by atoms with van der Waals surface area (Å²) >= 11 is 0. The summed E-state index contributed by atoms with van der Waals surface area (Å²) in [6.07, 6.45) is 4.64. The molecule has 94 valence electrons. The van der Waals surface area contributed by atoms with Crippen LogP contribution in [-0.2, 0) is 6.42 Å². The highest BCUT2D eigenvalue weighted by Crippen LogP contribution is 2.17. The molecule has 2 aromatic rings. The standard InChI is InChI=1S/C15H18N2O/c1-2-18-15-5-3-4-14(12-15)17-11-8-13-6-9-16-10-7-13/h3-7,9-10,12,17H,2,8,11H2,1H3. The lowest BCUT2D eigenvalue weighted by molar-refractivity contribution is 0.340. The van der Waals surface area contributed by atoms with E-state index in [0.29, 0.717) is 6.61 Å². The molecule has 0 aliphatic heterocycles. The van der Waals surface area contributed by atoms with Crippen molar-refractivity contribution in [2.45, 2.75) is 13.3 Å². The van der Waals surface area contributed by atoms with Crippen molar-refractivity contribution in [2.24, 2.45) is 0 Å². The van der Waals surface area contributed by atoms with Gasteiger partial charge in [0.15, 0.2) is 0 Å². The van der Waals surface area contributed by atoms with Crippen LogP contribution < -0.4 is 10.1 Å². The number of pyridine rings is 1. The van der Waals surface area contributed by atoms with E-state index < -0.39 is 0 Å². The first kappa shape index (κ1) is 12.4. The number of ether oxygens (including phenoxy) is 1. The second-order valence-electron chi connectivity index (χ2n) is 3.99. The molecule has 3 nitrogen and oxygen atoms in total. The lowest BCUT2D eigenvalue weighted by Gasteiger charge is -2.08. The molecule has 0 fully saturated rings. The highest BCUT2D eigenvalue weighted by molar-refractivity contribution is 5.48. The zero-order valence-corrected chi connectivity index (χ0v) is 10.6. The minimum absolute atomic E-state index is 0.695. The molecule has 0 radical (unpaired) electrons. The van der Waals surface area contributed by atoms with E-state index in [1.807, 2.05) is 49.6 Å². The van der Waals surface area contributed by atoms with Crippen molar-refractivity contribution in [3.05, 3.63) is 54.4 Å². The molecule has 0 aliphatic carbocycles. The third-order valence-electron chi connectivity index (χ3n) is 2.64. The topological polar surface area (TPSA) is 34.1 Å². The molecule has 1 aromatic heterocycles. The maximum Gasteiger partial charge on any atom is 0.121 e. The van der Waals surface area contributed by atoms with Crippen LogP contribution in [0.4, 0.5) is 5.69 Å². The van der Waals surface area contributed by atoms with Crippen LogP contribution in [0.3, 0.4) is 0 Å². The van der Waals surface area contributed by atoms with Crippen LogP contribution in [0.15, 0.2) is 48.8 Å². The van der Waals surface area contributed by atoms with Gasteiger partial charge in [0.25, 0.3) is 0 Å². The van der Waals surface area contributed by atoms with Crippen LogP contribution in [0.1, 0.15) is 12.5 Å². The Labute approximate surface area is 108 Å². The van der Waals surface area contributed by atoms with E-state index in [1.54, 1.807) is 0 Å². The van der Waals surface area contributed by atoms with Crippen molar-refractivity contribution in [3.8, 4) is 5.75 Å². The van der Waals surface area contributed by atoms with Gasteiger partial charge in [0.1, 0.15) is 5.75 Å². The Hall–Kier alpha value is -2.03. The molecule has 0 saturated heterocycles. The first-order valence-electron chi connectivity index (χ1n) is 6.24. The van der Waals surface area contributed by atoms with Gasteiger partial charge in [0.05, 0.1) is 6.61 Å². The molecule has 0 aliphatic rings. The first-order valence-corrected chi connectivity index (χ1v) is 6.24. The van der Waals surface area contributed by atoms with Gasteiger partial charge in [-0.05, 0) is 43.2 Å². The number of hydrogen-bond donors (Lipinski definition) is 1. The van der Waals surface area contributed by atoms with Gasteiger partial charge in [0.2, 0.25) is 0 Å². The fourth-order valence-electron chi connectivity index (χ4n) is 1.76. The molecular formula is C15H18N2O. The van der Waals surface area contributed by atoms with Crippen LogP contribution in [0.5, 0.6) is 5.75 Å². The Kier molecular flexibility index (Phi) is 4.59. The summed E-state index contributed by atoms with van der Waals surface area (Å²) in [5.41, 5.74) is 2.38. The zero-order valence-electron chi connectivity index (χ0n) is 10.6. The molecule has 18 heavy (non-hydrogen) atoms. The van der Waals surface area contributed by atoms with Crippen LogP contribution >= 0.6 is 0 Å². The van der Waals surface area contributed by atoms with Gasteiger partial charge in [-0.1, -0.05) is 6.07 Å². The van der Waals surface area contributed by atoms with Crippen molar-refractivity contribution in [1.82, 2.24) is 4.98 Å². The molecule has 3 heteroatoms. The molecule has 0 bridgehead atoms. The minimum atomic E-state index is 0.695. The van der Waals surface area contributed by atoms with Crippen molar-refractivity contribution in [3.63, 3.8) is 0 Å².